The maximum Gasteiger partial charge on any atom is 0.0691 e. The molecule has 0 aliphatic rings. The average Bonchev–Trinajstić information content (AvgIpc) is 2.39. The highest BCUT2D eigenvalue weighted by molar-refractivity contribution is 6.36. The van der Waals surface area contributed by atoms with Crippen molar-refractivity contribution in [3.8, 4) is 0 Å². The summed E-state index contributed by atoms with van der Waals surface area (Å²) in [5, 5.41) is 1.01. The number of hydrogen-bond donors (Lipinski definition) is 0. The minimum Gasteiger partial charge on any atom is -0.117 e. The van der Waals surface area contributed by atoms with Crippen molar-refractivity contribution in [3.63, 3.8) is 0 Å². The van der Waals surface area contributed by atoms with Gasteiger partial charge in [0.25, 0.3) is 0 Å². The third-order valence-electron chi connectivity index (χ3n) is 3.39. The topological polar surface area (TPSA) is 0 Å². The lowest BCUT2D eigenvalue weighted by Gasteiger charge is -2.31. The van der Waals surface area contributed by atoms with E-state index >= 15 is 0 Å². The van der Waals surface area contributed by atoms with Crippen LogP contribution in [0.15, 0.2) is 48.5 Å². The summed E-state index contributed by atoms with van der Waals surface area (Å²) in [6.45, 7) is 4.23. The van der Waals surface area contributed by atoms with Crippen LogP contribution in [-0.2, 0) is 5.41 Å². The molecule has 3 heteroatoms. The molecule has 19 heavy (non-hydrogen) atoms. The summed E-state index contributed by atoms with van der Waals surface area (Å²) in [5.74, 6) is 0. The fourth-order valence-electron chi connectivity index (χ4n) is 2.11. The van der Waals surface area contributed by atoms with Crippen LogP contribution in [0.4, 0.5) is 0 Å². The van der Waals surface area contributed by atoms with Gasteiger partial charge in [-0.1, -0.05) is 73.4 Å². The second-order valence-electron chi connectivity index (χ2n) is 5.12. The normalized spacial score (nSPS) is 13.3. The van der Waals surface area contributed by atoms with Crippen LogP contribution >= 0.6 is 34.8 Å². The zero-order valence-corrected chi connectivity index (χ0v) is 13.1. The maximum absolute atomic E-state index is 6.66. The molecule has 0 nitrogen and oxygen atoms in total. The van der Waals surface area contributed by atoms with Gasteiger partial charge in [-0.25, -0.2) is 0 Å². The van der Waals surface area contributed by atoms with Crippen molar-refractivity contribution in [2.24, 2.45) is 0 Å². The van der Waals surface area contributed by atoms with E-state index in [1.165, 1.54) is 5.56 Å². The lowest BCUT2D eigenvalue weighted by Crippen LogP contribution is -2.23. The van der Waals surface area contributed by atoms with Gasteiger partial charge in [0.1, 0.15) is 0 Å². The van der Waals surface area contributed by atoms with Gasteiger partial charge < -0.3 is 0 Å². The first kappa shape index (κ1) is 14.7. The first-order valence-electron chi connectivity index (χ1n) is 6.07. The molecule has 0 bridgehead atoms. The van der Waals surface area contributed by atoms with Crippen molar-refractivity contribution in [1.29, 1.82) is 0 Å². The Labute approximate surface area is 129 Å². The fraction of sp³-hybridized carbons (Fsp3) is 0.250. The van der Waals surface area contributed by atoms with Crippen LogP contribution in [0.25, 0.3) is 0 Å². The summed E-state index contributed by atoms with van der Waals surface area (Å²) in [7, 11) is 0. The van der Waals surface area contributed by atoms with Crippen molar-refractivity contribution >= 4 is 34.8 Å². The van der Waals surface area contributed by atoms with Crippen molar-refractivity contribution < 1.29 is 0 Å². The molecule has 2 rings (SSSR count). The average molecular weight is 314 g/mol. The summed E-state index contributed by atoms with van der Waals surface area (Å²) in [5.41, 5.74) is 1.86. The number of alkyl halides is 1. The number of halogens is 3. The SMILES string of the molecule is CC(C)(c1ccccc1)C(Cl)c1ccc(Cl)cc1Cl. The van der Waals surface area contributed by atoms with Crippen molar-refractivity contribution in [3.05, 3.63) is 69.7 Å². The Hall–Kier alpha value is -0.690. The van der Waals surface area contributed by atoms with Gasteiger partial charge in [-0.2, -0.15) is 0 Å². The summed E-state index contributed by atoms with van der Waals surface area (Å²) < 4.78 is 0. The van der Waals surface area contributed by atoms with Crippen LogP contribution in [0.5, 0.6) is 0 Å². The van der Waals surface area contributed by atoms with Gasteiger partial charge in [0.05, 0.1) is 5.38 Å². The molecule has 0 aliphatic heterocycles. The maximum atomic E-state index is 6.66. The van der Waals surface area contributed by atoms with E-state index in [9.17, 15) is 0 Å². The van der Waals surface area contributed by atoms with Gasteiger partial charge in [-0.3, -0.25) is 0 Å². The molecule has 1 atom stereocenters. The second kappa shape index (κ2) is 5.75. The van der Waals surface area contributed by atoms with Crippen molar-refractivity contribution in [1.82, 2.24) is 0 Å². The summed E-state index contributed by atoms with van der Waals surface area (Å²) in [6, 6.07) is 15.6. The Morgan fingerprint density at radius 2 is 1.58 bits per heavy atom. The molecule has 0 amide bonds. The second-order valence-corrected chi connectivity index (χ2v) is 6.40. The van der Waals surface area contributed by atoms with Gasteiger partial charge in [-0.05, 0) is 23.3 Å². The Balaban J connectivity index is 2.40. The van der Waals surface area contributed by atoms with Gasteiger partial charge >= 0.3 is 0 Å². The number of rotatable bonds is 3. The summed E-state index contributed by atoms with van der Waals surface area (Å²) >= 11 is 18.8. The number of benzene rings is 2. The van der Waals surface area contributed by atoms with Gasteiger partial charge in [0.2, 0.25) is 0 Å². The minimum absolute atomic E-state index is 0.222. The van der Waals surface area contributed by atoms with Crippen LogP contribution in [0, 0.1) is 0 Å². The zero-order valence-electron chi connectivity index (χ0n) is 10.8. The Bertz CT molecular complexity index is 561. The third-order valence-corrected chi connectivity index (χ3v) is 4.73. The van der Waals surface area contributed by atoms with E-state index in [1.807, 2.05) is 30.3 Å². The van der Waals surface area contributed by atoms with Crippen molar-refractivity contribution in [2.75, 3.05) is 0 Å². The highest BCUT2D eigenvalue weighted by Crippen LogP contribution is 2.44. The monoisotopic (exact) mass is 312 g/mol. The van der Waals surface area contributed by atoms with Crippen LogP contribution in [-0.4, -0.2) is 0 Å². The minimum atomic E-state index is -0.223. The lowest BCUT2D eigenvalue weighted by molar-refractivity contribution is 0.504. The Morgan fingerprint density at radius 1 is 0.947 bits per heavy atom. The third kappa shape index (κ3) is 3.08. The molecular weight excluding hydrogens is 299 g/mol. The molecule has 0 fully saturated rings. The van der Waals surface area contributed by atoms with E-state index < -0.39 is 0 Å². The molecule has 0 aliphatic carbocycles. The van der Waals surface area contributed by atoms with E-state index in [0.717, 1.165) is 5.56 Å². The summed E-state index contributed by atoms with van der Waals surface area (Å²) in [6.07, 6.45) is 0. The van der Waals surface area contributed by atoms with Gasteiger partial charge in [0.15, 0.2) is 0 Å². The molecule has 0 heterocycles. The Morgan fingerprint density at radius 3 is 2.16 bits per heavy atom. The smallest absolute Gasteiger partial charge is 0.0691 e. The first-order valence-corrected chi connectivity index (χ1v) is 7.26. The van der Waals surface area contributed by atoms with Crippen LogP contribution in [0.2, 0.25) is 10.0 Å². The number of hydrogen-bond acceptors (Lipinski definition) is 0. The van der Waals surface area contributed by atoms with E-state index in [1.54, 1.807) is 6.07 Å². The first-order chi connectivity index (χ1) is 8.93. The van der Waals surface area contributed by atoms with Gasteiger partial charge in [-0.15, -0.1) is 11.6 Å². The molecule has 2 aromatic carbocycles. The molecule has 2 aromatic rings. The van der Waals surface area contributed by atoms with Crippen LogP contribution < -0.4 is 0 Å². The largest absolute Gasteiger partial charge is 0.117 e. The lowest BCUT2D eigenvalue weighted by atomic mass is 9.79. The molecule has 0 saturated heterocycles. The molecular formula is C16H15Cl3. The highest BCUT2D eigenvalue weighted by atomic mass is 35.5. The highest BCUT2D eigenvalue weighted by Gasteiger charge is 2.32. The van der Waals surface area contributed by atoms with Crippen LogP contribution in [0.3, 0.4) is 0 Å². The molecule has 0 N–H and O–H groups in total. The molecule has 0 saturated carbocycles. The quantitative estimate of drug-likeness (QED) is 0.587. The molecule has 0 aromatic heterocycles. The van der Waals surface area contributed by atoms with Crippen LogP contribution in [0.1, 0.15) is 30.4 Å². The molecule has 100 valence electrons. The molecule has 1 unspecified atom stereocenters. The van der Waals surface area contributed by atoms with E-state index in [2.05, 4.69) is 26.0 Å². The Kier molecular flexibility index (Phi) is 4.45. The fourth-order valence-corrected chi connectivity index (χ4v) is 3.00. The van der Waals surface area contributed by atoms with Gasteiger partial charge in [0, 0.05) is 15.5 Å². The predicted octanol–water partition coefficient (Wildman–Crippen LogP) is 6.25. The van der Waals surface area contributed by atoms with E-state index in [-0.39, 0.29) is 10.8 Å². The predicted molar refractivity (Wildman–Crippen MR) is 84.5 cm³/mol. The van der Waals surface area contributed by atoms with Crippen molar-refractivity contribution in [2.45, 2.75) is 24.6 Å². The summed E-state index contributed by atoms with van der Waals surface area (Å²) in [4.78, 5) is 0. The van der Waals surface area contributed by atoms with E-state index in [0.29, 0.717) is 10.0 Å². The molecule has 0 spiro atoms. The zero-order chi connectivity index (χ0) is 14.0. The standard InChI is InChI=1S/C16H15Cl3/c1-16(2,11-6-4-3-5-7-11)15(19)13-9-8-12(17)10-14(13)18/h3-10,15H,1-2H3. The molecule has 0 radical (unpaired) electrons. The van der Waals surface area contributed by atoms with E-state index in [4.69, 9.17) is 34.8 Å².